The van der Waals surface area contributed by atoms with E-state index < -0.39 is 0 Å². The Balaban J connectivity index is 1.52. The van der Waals surface area contributed by atoms with Crippen LogP contribution in [-0.2, 0) is 13.0 Å². The van der Waals surface area contributed by atoms with Crippen LogP contribution in [0.25, 0.3) is 5.88 Å². The third kappa shape index (κ3) is 2.73. The number of aryl methyl sites for hydroxylation is 1. The molecule has 0 bridgehead atoms. The van der Waals surface area contributed by atoms with Crippen molar-refractivity contribution in [2.75, 3.05) is 6.54 Å². The molecule has 0 saturated heterocycles. The van der Waals surface area contributed by atoms with E-state index in [0.717, 1.165) is 30.0 Å². The summed E-state index contributed by atoms with van der Waals surface area (Å²) < 4.78 is 12.9. The number of hydrogen-bond acceptors (Lipinski definition) is 7. The predicted octanol–water partition coefficient (Wildman–Crippen LogP) is 3.01. The summed E-state index contributed by atoms with van der Waals surface area (Å²) in [4.78, 5) is 2.34. The molecule has 0 N–H and O–H groups in total. The van der Waals surface area contributed by atoms with Gasteiger partial charge in [-0.3, -0.25) is 4.90 Å². The predicted molar refractivity (Wildman–Crippen MR) is 99.8 cm³/mol. The topological polar surface area (TPSA) is 86.0 Å². The van der Waals surface area contributed by atoms with E-state index in [0.29, 0.717) is 18.3 Å². The molecule has 3 aromatic heterocycles. The zero-order valence-electron chi connectivity index (χ0n) is 15.7. The Morgan fingerprint density at radius 3 is 2.82 bits per heavy atom. The van der Waals surface area contributed by atoms with Crippen LogP contribution in [0.15, 0.2) is 51.6 Å². The first-order valence-corrected chi connectivity index (χ1v) is 9.28. The number of hydrogen-bond donors (Lipinski definition) is 0. The van der Waals surface area contributed by atoms with Gasteiger partial charge in [-0.15, -0.1) is 5.10 Å². The molecule has 0 radical (unpaired) electrons. The van der Waals surface area contributed by atoms with E-state index in [1.165, 1.54) is 11.1 Å². The van der Waals surface area contributed by atoms with Crippen molar-refractivity contribution in [3.05, 3.63) is 76.6 Å². The van der Waals surface area contributed by atoms with Gasteiger partial charge in [-0.2, -0.15) is 4.68 Å². The standard InChI is InChI=1S/C20H20N6O2/c1-13-14(2)22-28-20(13)26-18(21-23-24-26)12-25-10-9-15-6-3-4-7-16(15)19(25)17-8-5-11-27-17/h3-8,11,19H,9-10,12H2,1-2H3. The van der Waals surface area contributed by atoms with Gasteiger partial charge in [0.25, 0.3) is 5.88 Å². The lowest BCUT2D eigenvalue weighted by Crippen LogP contribution is -2.36. The molecule has 1 aliphatic heterocycles. The molecule has 0 spiro atoms. The Bertz CT molecular complexity index is 1100. The summed E-state index contributed by atoms with van der Waals surface area (Å²) in [6.07, 6.45) is 2.69. The van der Waals surface area contributed by atoms with Gasteiger partial charge in [0, 0.05) is 12.1 Å². The summed E-state index contributed by atoms with van der Waals surface area (Å²) in [7, 11) is 0. The monoisotopic (exact) mass is 376 g/mol. The third-order valence-electron chi connectivity index (χ3n) is 5.40. The van der Waals surface area contributed by atoms with E-state index in [1.54, 1.807) is 10.9 Å². The van der Waals surface area contributed by atoms with Crippen molar-refractivity contribution in [2.24, 2.45) is 0 Å². The third-order valence-corrected chi connectivity index (χ3v) is 5.40. The van der Waals surface area contributed by atoms with Crippen LogP contribution in [0.1, 0.15) is 40.0 Å². The van der Waals surface area contributed by atoms with Gasteiger partial charge >= 0.3 is 0 Å². The lowest BCUT2D eigenvalue weighted by Gasteiger charge is -2.35. The van der Waals surface area contributed by atoms with Crippen molar-refractivity contribution >= 4 is 0 Å². The zero-order valence-corrected chi connectivity index (χ0v) is 15.7. The number of fused-ring (bicyclic) bond motifs is 1. The highest BCUT2D eigenvalue weighted by Gasteiger charge is 2.32. The molecule has 1 aromatic carbocycles. The van der Waals surface area contributed by atoms with Gasteiger partial charge < -0.3 is 8.94 Å². The van der Waals surface area contributed by atoms with Gasteiger partial charge in [0.2, 0.25) is 0 Å². The van der Waals surface area contributed by atoms with Crippen molar-refractivity contribution in [2.45, 2.75) is 32.9 Å². The second-order valence-corrected chi connectivity index (χ2v) is 7.04. The smallest absolute Gasteiger partial charge is 0.257 e. The number of nitrogens with zero attached hydrogens (tertiary/aromatic N) is 6. The van der Waals surface area contributed by atoms with Crippen LogP contribution in [-0.4, -0.2) is 36.8 Å². The number of aromatic nitrogens is 5. The van der Waals surface area contributed by atoms with Crippen LogP contribution in [0.2, 0.25) is 0 Å². The Morgan fingerprint density at radius 2 is 2.04 bits per heavy atom. The van der Waals surface area contributed by atoms with Gasteiger partial charge in [-0.25, -0.2) is 0 Å². The molecule has 4 aromatic rings. The molecular formula is C20H20N6O2. The Morgan fingerprint density at radius 1 is 1.14 bits per heavy atom. The van der Waals surface area contributed by atoms with Crippen LogP contribution < -0.4 is 0 Å². The van der Waals surface area contributed by atoms with Crippen molar-refractivity contribution in [3.8, 4) is 5.88 Å². The Labute approximate surface area is 161 Å². The Kier molecular flexibility index (Phi) is 4.05. The van der Waals surface area contributed by atoms with Crippen LogP contribution >= 0.6 is 0 Å². The molecule has 0 saturated carbocycles. The van der Waals surface area contributed by atoms with E-state index in [4.69, 9.17) is 8.94 Å². The van der Waals surface area contributed by atoms with E-state index in [1.807, 2.05) is 26.0 Å². The molecule has 4 heterocycles. The molecule has 1 atom stereocenters. The van der Waals surface area contributed by atoms with Crippen LogP contribution in [0.4, 0.5) is 0 Å². The van der Waals surface area contributed by atoms with Gasteiger partial charge in [0.15, 0.2) is 5.82 Å². The number of rotatable bonds is 4. The largest absolute Gasteiger partial charge is 0.467 e. The van der Waals surface area contributed by atoms with Gasteiger partial charge in [-0.1, -0.05) is 29.4 Å². The molecule has 142 valence electrons. The summed E-state index contributed by atoms with van der Waals surface area (Å²) in [6.45, 7) is 5.30. The minimum Gasteiger partial charge on any atom is -0.467 e. The molecule has 0 fully saturated rings. The van der Waals surface area contributed by atoms with Gasteiger partial charge in [0.05, 0.1) is 24.5 Å². The number of furan rings is 1. The minimum absolute atomic E-state index is 0.0164. The van der Waals surface area contributed by atoms with E-state index in [9.17, 15) is 0 Å². The van der Waals surface area contributed by atoms with Crippen molar-refractivity contribution in [1.82, 2.24) is 30.3 Å². The lowest BCUT2D eigenvalue weighted by molar-refractivity contribution is 0.177. The van der Waals surface area contributed by atoms with E-state index in [-0.39, 0.29) is 6.04 Å². The molecule has 0 amide bonds. The fraction of sp³-hybridized carbons (Fsp3) is 0.300. The van der Waals surface area contributed by atoms with E-state index >= 15 is 0 Å². The summed E-state index contributed by atoms with van der Waals surface area (Å²) >= 11 is 0. The lowest BCUT2D eigenvalue weighted by atomic mass is 9.91. The molecule has 5 rings (SSSR count). The molecule has 8 nitrogen and oxygen atoms in total. The average molecular weight is 376 g/mol. The second-order valence-electron chi connectivity index (χ2n) is 7.04. The van der Waals surface area contributed by atoms with Crippen molar-refractivity contribution in [3.63, 3.8) is 0 Å². The quantitative estimate of drug-likeness (QED) is 0.541. The maximum atomic E-state index is 5.79. The highest BCUT2D eigenvalue weighted by molar-refractivity contribution is 5.37. The summed E-state index contributed by atoms with van der Waals surface area (Å²) in [5.41, 5.74) is 4.37. The first-order chi connectivity index (χ1) is 13.7. The molecular weight excluding hydrogens is 356 g/mol. The number of tetrazole rings is 1. The highest BCUT2D eigenvalue weighted by atomic mass is 16.5. The molecule has 1 unspecified atom stereocenters. The normalized spacial score (nSPS) is 17.0. The maximum absolute atomic E-state index is 5.79. The second kappa shape index (κ2) is 6.72. The average Bonchev–Trinajstić information content (AvgIpc) is 3.45. The van der Waals surface area contributed by atoms with Crippen LogP contribution in [0, 0.1) is 13.8 Å². The molecule has 28 heavy (non-hydrogen) atoms. The summed E-state index contributed by atoms with van der Waals surface area (Å²) in [6, 6.07) is 12.5. The highest BCUT2D eigenvalue weighted by Crippen LogP contribution is 2.36. The van der Waals surface area contributed by atoms with Crippen molar-refractivity contribution in [1.29, 1.82) is 0 Å². The Hall–Kier alpha value is -3.26. The first-order valence-electron chi connectivity index (χ1n) is 9.28. The molecule has 1 aliphatic rings. The van der Waals surface area contributed by atoms with Crippen LogP contribution in [0.3, 0.4) is 0 Å². The van der Waals surface area contributed by atoms with Crippen LogP contribution in [0.5, 0.6) is 0 Å². The fourth-order valence-electron chi connectivity index (χ4n) is 3.81. The zero-order chi connectivity index (χ0) is 19.1. The summed E-state index contributed by atoms with van der Waals surface area (Å²) in [5.74, 6) is 2.18. The molecule has 0 aliphatic carbocycles. The maximum Gasteiger partial charge on any atom is 0.257 e. The van der Waals surface area contributed by atoms with Gasteiger partial charge in [0.1, 0.15) is 5.76 Å². The fourth-order valence-corrected chi connectivity index (χ4v) is 3.81. The van der Waals surface area contributed by atoms with Crippen molar-refractivity contribution < 1.29 is 8.94 Å². The number of benzene rings is 1. The van der Waals surface area contributed by atoms with Gasteiger partial charge in [-0.05, 0) is 54.0 Å². The first kappa shape index (κ1) is 16.9. The minimum atomic E-state index is 0.0164. The molecule has 8 heteroatoms. The summed E-state index contributed by atoms with van der Waals surface area (Å²) in [5, 5.41) is 16.3. The SMILES string of the molecule is Cc1noc(-n2nnnc2CN2CCc3ccccc3C2c2ccco2)c1C. The van der Waals surface area contributed by atoms with E-state index in [2.05, 4.69) is 49.8 Å².